The summed E-state index contributed by atoms with van der Waals surface area (Å²) in [5, 5.41) is 4.48. The Labute approximate surface area is 143 Å². The van der Waals surface area contributed by atoms with Gasteiger partial charge >= 0.3 is 5.97 Å². The van der Waals surface area contributed by atoms with E-state index in [1.165, 1.54) is 14.2 Å². The predicted molar refractivity (Wildman–Crippen MR) is 91.2 cm³/mol. The number of benzene rings is 2. The highest BCUT2D eigenvalue weighted by molar-refractivity contribution is 9.08. The zero-order valence-corrected chi connectivity index (χ0v) is 14.4. The highest BCUT2D eigenvalue weighted by atomic mass is 79.9. The van der Waals surface area contributed by atoms with E-state index >= 15 is 0 Å². The predicted octanol–water partition coefficient (Wildman–Crippen LogP) is 3.90. The van der Waals surface area contributed by atoms with Crippen LogP contribution in [-0.4, -0.2) is 25.9 Å². The Balaban J connectivity index is 2.40. The number of rotatable bonds is 6. The van der Waals surface area contributed by atoms with Crippen molar-refractivity contribution in [2.24, 2.45) is 5.16 Å². The Kier molecular flexibility index (Phi) is 6.17. The van der Waals surface area contributed by atoms with Crippen molar-refractivity contribution in [2.45, 2.75) is 5.33 Å². The fourth-order valence-corrected chi connectivity index (χ4v) is 2.30. The van der Waals surface area contributed by atoms with Crippen LogP contribution in [0.1, 0.15) is 11.1 Å². The van der Waals surface area contributed by atoms with Gasteiger partial charge in [0.15, 0.2) is 5.71 Å². The van der Waals surface area contributed by atoms with Crippen molar-refractivity contribution in [2.75, 3.05) is 14.2 Å². The number of methoxy groups -OCH3 is 1. The second-order valence-electron chi connectivity index (χ2n) is 4.49. The fourth-order valence-electron chi connectivity index (χ4n) is 1.95. The molecular formula is C17H16BrNO4. The van der Waals surface area contributed by atoms with Crippen molar-refractivity contribution >= 4 is 27.6 Å². The molecule has 0 atom stereocenters. The van der Waals surface area contributed by atoms with E-state index in [0.717, 1.165) is 10.9 Å². The number of hydrogen-bond donors (Lipinski definition) is 0. The number of esters is 1. The zero-order chi connectivity index (χ0) is 16.7. The number of para-hydroxylation sites is 1. The summed E-state index contributed by atoms with van der Waals surface area (Å²) >= 11 is 3.41. The van der Waals surface area contributed by atoms with Gasteiger partial charge in [-0.05, 0) is 29.8 Å². The molecule has 0 N–H and O–H groups in total. The molecular weight excluding hydrogens is 362 g/mol. The van der Waals surface area contributed by atoms with Crippen molar-refractivity contribution in [3.63, 3.8) is 0 Å². The summed E-state index contributed by atoms with van der Waals surface area (Å²) in [7, 11) is 2.66. The van der Waals surface area contributed by atoms with Gasteiger partial charge in [-0.25, -0.2) is 4.79 Å². The van der Waals surface area contributed by atoms with E-state index in [4.69, 9.17) is 14.3 Å². The number of halogens is 1. The molecule has 0 unspecified atom stereocenters. The second kappa shape index (κ2) is 8.33. The summed E-state index contributed by atoms with van der Waals surface area (Å²) in [6, 6.07) is 14.7. The minimum absolute atomic E-state index is 0.0437. The first-order valence-electron chi connectivity index (χ1n) is 6.81. The van der Waals surface area contributed by atoms with E-state index in [1.807, 2.05) is 30.3 Å². The number of carbonyl (C=O) groups is 1. The van der Waals surface area contributed by atoms with Gasteiger partial charge in [0.05, 0.1) is 12.7 Å². The van der Waals surface area contributed by atoms with E-state index in [9.17, 15) is 4.79 Å². The molecule has 2 rings (SSSR count). The molecule has 0 aliphatic carbocycles. The monoisotopic (exact) mass is 377 g/mol. The van der Waals surface area contributed by atoms with Crippen LogP contribution in [0.25, 0.3) is 0 Å². The topological polar surface area (TPSA) is 57.1 Å². The summed E-state index contributed by atoms with van der Waals surface area (Å²) in [4.78, 5) is 16.7. The van der Waals surface area contributed by atoms with Crippen LogP contribution >= 0.6 is 15.9 Å². The maximum absolute atomic E-state index is 11.9. The molecule has 0 saturated heterocycles. The lowest BCUT2D eigenvalue weighted by atomic mass is 10.1. The minimum atomic E-state index is -0.600. The van der Waals surface area contributed by atoms with Gasteiger partial charge in [0.25, 0.3) is 0 Å². The van der Waals surface area contributed by atoms with E-state index in [1.54, 1.807) is 18.2 Å². The van der Waals surface area contributed by atoms with E-state index in [0.29, 0.717) is 17.1 Å². The summed E-state index contributed by atoms with van der Waals surface area (Å²) < 4.78 is 10.7. The number of oxime groups is 1. The van der Waals surface area contributed by atoms with Gasteiger partial charge in [-0.3, -0.25) is 0 Å². The van der Waals surface area contributed by atoms with Gasteiger partial charge in [-0.2, -0.15) is 0 Å². The summed E-state index contributed by atoms with van der Waals surface area (Å²) in [6.45, 7) is 0. The zero-order valence-electron chi connectivity index (χ0n) is 12.8. The maximum atomic E-state index is 11.9. The van der Waals surface area contributed by atoms with Crippen molar-refractivity contribution < 1.29 is 19.1 Å². The van der Waals surface area contributed by atoms with E-state index < -0.39 is 5.97 Å². The van der Waals surface area contributed by atoms with Crippen LogP contribution in [0.4, 0.5) is 0 Å². The van der Waals surface area contributed by atoms with Crippen molar-refractivity contribution in [3.05, 3.63) is 59.7 Å². The molecule has 0 bridgehead atoms. The lowest BCUT2D eigenvalue weighted by Gasteiger charge is -2.12. The molecule has 2 aromatic rings. The fraction of sp³-hybridized carbons (Fsp3) is 0.176. The van der Waals surface area contributed by atoms with Gasteiger partial charge in [0, 0.05) is 5.33 Å². The van der Waals surface area contributed by atoms with Gasteiger partial charge in [0.1, 0.15) is 18.6 Å². The Morgan fingerprint density at radius 1 is 1.13 bits per heavy atom. The summed E-state index contributed by atoms with van der Waals surface area (Å²) in [6.07, 6.45) is 0. The van der Waals surface area contributed by atoms with Crippen molar-refractivity contribution in [1.82, 2.24) is 0 Å². The molecule has 6 heteroatoms. The van der Waals surface area contributed by atoms with E-state index in [2.05, 4.69) is 21.1 Å². The third-order valence-electron chi connectivity index (χ3n) is 2.98. The molecule has 120 valence electrons. The van der Waals surface area contributed by atoms with Crippen LogP contribution in [-0.2, 0) is 19.7 Å². The Bertz CT molecular complexity index is 715. The van der Waals surface area contributed by atoms with Gasteiger partial charge in [-0.1, -0.05) is 45.4 Å². The number of carbonyl (C=O) groups excluding carboxylic acids is 1. The average molecular weight is 378 g/mol. The second-order valence-corrected chi connectivity index (χ2v) is 5.05. The Morgan fingerprint density at radius 3 is 2.61 bits per heavy atom. The highest BCUT2D eigenvalue weighted by Gasteiger charge is 2.20. The minimum Gasteiger partial charge on any atom is -0.464 e. The highest BCUT2D eigenvalue weighted by Crippen LogP contribution is 2.27. The molecule has 0 aromatic heterocycles. The molecule has 5 nitrogen and oxygen atoms in total. The smallest absolute Gasteiger partial charge is 0.360 e. The normalized spacial score (nSPS) is 11.0. The summed E-state index contributed by atoms with van der Waals surface area (Å²) in [5.41, 5.74) is 1.62. The maximum Gasteiger partial charge on any atom is 0.360 e. The molecule has 0 aliphatic rings. The van der Waals surface area contributed by atoms with Crippen molar-refractivity contribution in [1.29, 1.82) is 0 Å². The third kappa shape index (κ3) is 4.32. The first-order chi connectivity index (χ1) is 11.2. The SMILES string of the molecule is CO/N=C(/C(=O)OC)c1ccccc1Oc1cccc(CBr)c1. The first kappa shape index (κ1) is 17.0. The largest absolute Gasteiger partial charge is 0.464 e. The first-order valence-corrected chi connectivity index (χ1v) is 7.93. The van der Waals surface area contributed by atoms with E-state index in [-0.39, 0.29) is 5.71 Å². The molecule has 0 amide bonds. The molecule has 0 radical (unpaired) electrons. The number of nitrogens with zero attached hydrogens (tertiary/aromatic N) is 1. The lowest BCUT2D eigenvalue weighted by molar-refractivity contribution is -0.132. The van der Waals surface area contributed by atoms with Crippen LogP contribution in [0, 0.1) is 0 Å². The molecule has 2 aromatic carbocycles. The van der Waals surface area contributed by atoms with Crippen LogP contribution in [0.5, 0.6) is 11.5 Å². The van der Waals surface area contributed by atoms with Gasteiger partial charge in [0.2, 0.25) is 0 Å². The lowest BCUT2D eigenvalue weighted by Crippen LogP contribution is -2.18. The van der Waals surface area contributed by atoms with Gasteiger partial charge in [-0.15, -0.1) is 0 Å². The van der Waals surface area contributed by atoms with Crippen LogP contribution < -0.4 is 4.74 Å². The molecule has 0 saturated carbocycles. The molecule has 0 spiro atoms. The number of ether oxygens (including phenoxy) is 2. The molecule has 0 fully saturated rings. The Hall–Kier alpha value is -2.34. The van der Waals surface area contributed by atoms with Crippen LogP contribution in [0.3, 0.4) is 0 Å². The Morgan fingerprint density at radius 2 is 1.91 bits per heavy atom. The summed E-state index contributed by atoms with van der Waals surface area (Å²) in [5.74, 6) is 0.550. The van der Waals surface area contributed by atoms with Crippen LogP contribution in [0.2, 0.25) is 0 Å². The average Bonchev–Trinajstić information content (AvgIpc) is 2.60. The third-order valence-corrected chi connectivity index (χ3v) is 3.63. The van der Waals surface area contributed by atoms with Gasteiger partial charge < -0.3 is 14.3 Å². The molecule has 0 aliphatic heterocycles. The van der Waals surface area contributed by atoms with Crippen molar-refractivity contribution in [3.8, 4) is 11.5 Å². The molecule has 23 heavy (non-hydrogen) atoms. The van der Waals surface area contributed by atoms with Crippen LogP contribution in [0.15, 0.2) is 53.7 Å². The quantitative estimate of drug-likeness (QED) is 0.331. The number of alkyl halides is 1. The standard InChI is InChI=1S/C17H16BrNO4/c1-21-17(20)16(19-22-2)14-8-3-4-9-15(14)23-13-7-5-6-12(10-13)11-18/h3-10H,11H2,1-2H3/b19-16+. The molecule has 0 heterocycles. The number of hydrogen-bond acceptors (Lipinski definition) is 5.